The van der Waals surface area contributed by atoms with Gasteiger partial charge in [0, 0.05) is 16.9 Å². The molecule has 114 valence electrons. The molecule has 0 saturated carbocycles. The Balaban J connectivity index is 1.64. The van der Waals surface area contributed by atoms with Gasteiger partial charge >= 0.3 is 0 Å². The number of alkyl halides is 1. The van der Waals surface area contributed by atoms with Crippen molar-refractivity contribution in [3.8, 4) is 5.75 Å². The second-order valence-corrected chi connectivity index (χ2v) is 6.14. The predicted molar refractivity (Wildman–Crippen MR) is 93.4 cm³/mol. The molecule has 2 rings (SSSR count). The Morgan fingerprint density at radius 2 is 1.57 bits per heavy atom. The molecule has 1 heterocycles. The lowest BCUT2D eigenvalue weighted by molar-refractivity contribution is 0.307. The van der Waals surface area contributed by atoms with Crippen molar-refractivity contribution in [1.29, 1.82) is 0 Å². The normalized spacial score (nSPS) is 10.9. The quantitative estimate of drug-likeness (QED) is 0.403. The molecule has 0 bridgehead atoms. The van der Waals surface area contributed by atoms with Gasteiger partial charge in [-0.1, -0.05) is 66.2 Å². The van der Waals surface area contributed by atoms with E-state index in [2.05, 4.69) is 33.0 Å². The molecule has 0 aliphatic carbocycles. The van der Waals surface area contributed by atoms with E-state index in [1.54, 1.807) is 0 Å². The molecule has 0 spiro atoms. The Hall–Kier alpha value is -1.09. The van der Waals surface area contributed by atoms with E-state index in [9.17, 15) is 0 Å². The fourth-order valence-corrected chi connectivity index (χ4v) is 2.85. The lowest BCUT2D eigenvalue weighted by atomic mass is 10.1. The summed E-state index contributed by atoms with van der Waals surface area (Å²) in [7, 11) is 0. The number of pyridine rings is 1. The van der Waals surface area contributed by atoms with Crippen LogP contribution in [0, 0.1) is 0 Å². The molecule has 0 aliphatic rings. The van der Waals surface area contributed by atoms with Crippen LogP contribution in [0.1, 0.15) is 44.9 Å². The lowest BCUT2D eigenvalue weighted by Gasteiger charge is -2.08. The molecule has 0 amide bonds. The second-order valence-electron chi connectivity index (χ2n) is 5.34. The maximum absolute atomic E-state index is 5.90. The van der Waals surface area contributed by atoms with Gasteiger partial charge in [-0.05, 0) is 25.0 Å². The summed E-state index contributed by atoms with van der Waals surface area (Å²) in [6, 6.07) is 10.1. The van der Waals surface area contributed by atoms with Gasteiger partial charge in [0.2, 0.25) is 0 Å². The largest absolute Gasteiger partial charge is 0.491 e. The number of halogens is 1. The number of rotatable bonds is 10. The minimum atomic E-state index is 0.789. The average Bonchev–Trinajstić information content (AvgIpc) is 2.53. The van der Waals surface area contributed by atoms with Crippen LogP contribution in [0.25, 0.3) is 10.9 Å². The maximum atomic E-state index is 5.90. The zero-order valence-electron chi connectivity index (χ0n) is 12.6. The highest BCUT2D eigenvalue weighted by atomic mass is 79.9. The van der Waals surface area contributed by atoms with Crippen LogP contribution in [0.2, 0.25) is 0 Å². The van der Waals surface area contributed by atoms with E-state index < -0.39 is 0 Å². The Kier molecular flexibility index (Phi) is 7.58. The van der Waals surface area contributed by atoms with Crippen LogP contribution < -0.4 is 4.74 Å². The van der Waals surface area contributed by atoms with Crippen molar-refractivity contribution in [2.24, 2.45) is 0 Å². The molecule has 1 aromatic heterocycles. The highest BCUT2D eigenvalue weighted by Crippen LogP contribution is 2.23. The Labute approximate surface area is 136 Å². The van der Waals surface area contributed by atoms with Crippen LogP contribution in [-0.2, 0) is 0 Å². The topological polar surface area (TPSA) is 22.1 Å². The molecule has 2 nitrogen and oxygen atoms in total. The lowest BCUT2D eigenvalue weighted by Crippen LogP contribution is -1.98. The van der Waals surface area contributed by atoms with Gasteiger partial charge in [-0.3, -0.25) is 4.98 Å². The summed E-state index contributed by atoms with van der Waals surface area (Å²) in [5, 5.41) is 2.28. The van der Waals surface area contributed by atoms with Crippen molar-refractivity contribution >= 4 is 26.8 Å². The predicted octanol–water partition coefficient (Wildman–Crippen LogP) is 5.74. The van der Waals surface area contributed by atoms with Gasteiger partial charge in [0.15, 0.2) is 0 Å². The minimum absolute atomic E-state index is 0.789. The first-order valence-electron chi connectivity index (χ1n) is 7.94. The molecule has 1 aromatic carbocycles. The van der Waals surface area contributed by atoms with Gasteiger partial charge in [-0.2, -0.15) is 0 Å². The van der Waals surface area contributed by atoms with Gasteiger partial charge < -0.3 is 4.74 Å². The van der Waals surface area contributed by atoms with Crippen molar-refractivity contribution in [2.75, 3.05) is 11.9 Å². The summed E-state index contributed by atoms with van der Waals surface area (Å²) in [6.45, 7) is 0.789. The zero-order chi connectivity index (χ0) is 14.8. The molecule has 21 heavy (non-hydrogen) atoms. The van der Waals surface area contributed by atoms with Crippen LogP contribution in [0.4, 0.5) is 0 Å². The average molecular weight is 350 g/mol. The van der Waals surface area contributed by atoms with E-state index in [1.165, 1.54) is 38.5 Å². The fourth-order valence-electron chi connectivity index (χ4n) is 2.46. The first-order valence-corrected chi connectivity index (χ1v) is 9.06. The number of hydrogen-bond acceptors (Lipinski definition) is 2. The summed E-state index contributed by atoms with van der Waals surface area (Å²) < 4.78 is 5.90. The van der Waals surface area contributed by atoms with E-state index in [-0.39, 0.29) is 0 Å². The van der Waals surface area contributed by atoms with Crippen LogP contribution in [0.3, 0.4) is 0 Å². The van der Waals surface area contributed by atoms with Gasteiger partial charge in [-0.25, -0.2) is 0 Å². The Morgan fingerprint density at radius 3 is 2.38 bits per heavy atom. The smallest absolute Gasteiger partial charge is 0.145 e. The molecule has 0 fully saturated rings. The maximum Gasteiger partial charge on any atom is 0.145 e. The third-order valence-electron chi connectivity index (χ3n) is 3.63. The SMILES string of the molecule is BrCCCCCCCCCOc1cccc2cccnc12. The summed E-state index contributed by atoms with van der Waals surface area (Å²) in [4.78, 5) is 4.41. The molecular formula is C18H24BrNO. The molecule has 0 radical (unpaired) electrons. The number of ether oxygens (including phenoxy) is 1. The van der Waals surface area contributed by atoms with Crippen molar-refractivity contribution in [3.05, 3.63) is 36.5 Å². The summed E-state index contributed by atoms with van der Waals surface area (Å²) in [5.74, 6) is 0.908. The number of hydrogen-bond donors (Lipinski definition) is 0. The molecule has 3 heteroatoms. The van der Waals surface area contributed by atoms with Crippen molar-refractivity contribution < 1.29 is 4.74 Å². The number of aromatic nitrogens is 1. The van der Waals surface area contributed by atoms with Crippen molar-refractivity contribution in [1.82, 2.24) is 4.98 Å². The van der Waals surface area contributed by atoms with Gasteiger partial charge in [-0.15, -0.1) is 0 Å². The van der Waals surface area contributed by atoms with Crippen LogP contribution >= 0.6 is 15.9 Å². The van der Waals surface area contributed by atoms with E-state index in [4.69, 9.17) is 4.74 Å². The summed E-state index contributed by atoms with van der Waals surface area (Å²) in [5.41, 5.74) is 0.967. The molecule has 0 atom stereocenters. The number of benzene rings is 1. The number of unbranched alkanes of at least 4 members (excludes halogenated alkanes) is 6. The van der Waals surface area contributed by atoms with Crippen molar-refractivity contribution in [3.63, 3.8) is 0 Å². The van der Waals surface area contributed by atoms with Crippen molar-refractivity contribution in [2.45, 2.75) is 44.9 Å². The summed E-state index contributed by atoms with van der Waals surface area (Å²) >= 11 is 3.47. The number of fused-ring (bicyclic) bond motifs is 1. The third kappa shape index (κ3) is 5.66. The van der Waals surface area contributed by atoms with E-state index in [1.807, 2.05) is 24.4 Å². The van der Waals surface area contributed by atoms with E-state index in [0.717, 1.165) is 35.0 Å². The number of para-hydroxylation sites is 1. The van der Waals surface area contributed by atoms with Crippen LogP contribution in [0.15, 0.2) is 36.5 Å². The second kappa shape index (κ2) is 9.78. The van der Waals surface area contributed by atoms with Gasteiger partial charge in [0.25, 0.3) is 0 Å². The number of nitrogens with zero attached hydrogens (tertiary/aromatic N) is 1. The highest BCUT2D eigenvalue weighted by Gasteiger charge is 2.02. The first kappa shape index (κ1) is 16.3. The monoisotopic (exact) mass is 349 g/mol. The molecule has 0 unspecified atom stereocenters. The van der Waals surface area contributed by atoms with E-state index >= 15 is 0 Å². The Morgan fingerprint density at radius 1 is 0.857 bits per heavy atom. The molecule has 0 N–H and O–H groups in total. The van der Waals surface area contributed by atoms with Crippen LogP contribution in [-0.4, -0.2) is 16.9 Å². The van der Waals surface area contributed by atoms with Crippen LogP contribution in [0.5, 0.6) is 5.75 Å². The van der Waals surface area contributed by atoms with E-state index in [0.29, 0.717) is 0 Å². The van der Waals surface area contributed by atoms with Gasteiger partial charge in [0.05, 0.1) is 6.61 Å². The fraction of sp³-hybridized carbons (Fsp3) is 0.500. The minimum Gasteiger partial charge on any atom is -0.491 e. The molecule has 2 aromatic rings. The zero-order valence-corrected chi connectivity index (χ0v) is 14.1. The Bertz CT molecular complexity index is 524. The highest BCUT2D eigenvalue weighted by molar-refractivity contribution is 9.09. The summed E-state index contributed by atoms with van der Waals surface area (Å²) in [6.07, 6.45) is 10.9. The molecular weight excluding hydrogens is 326 g/mol. The third-order valence-corrected chi connectivity index (χ3v) is 4.19. The van der Waals surface area contributed by atoms with Gasteiger partial charge in [0.1, 0.15) is 11.3 Å². The first-order chi connectivity index (χ1) is 10.4. The molecule has 0 saturated heterocycles. The molecule has 0 aliphatic heterocycles. The standard InChI is InChI=1S/C18H24BrNO/c19-13-6-4-2-1-3-5-7-15-21-17-12-8-10-16-11-9-14-20-18(16)17/h8-12,14H,1-7,13,15H2.